The Labute approximate surface area is 124 Å². The van der Waals surface area contributed by atoms with Crippen molar-refractivity contribution in [3.8, 4) is 0 Å². The Morgan fingerprint density at radius 1 is 1.60 bits per heavy atom. The number of sulfonamides is 1. The van der Waals surface area contributed by atoms with Crippen LogP contribution < -0.4 is 0 Å². The lowest BCUT2D eigenvalue weighted by Gasteiger charge is -2.26. The maximum Gasteiger partial charge on any atom is 0.245 e. The number of ether oxygens (including phenoxy) is 1. The number of halogens is 1. The molecule has 6 nitrogen and oxygen atoms in total. The fourth-order valence-corrected chi connectivity index (χ4v) is 3.66. The van der Waals surface area contributed by atoms with E-state index in [2.05, 4.69) is 5.10 Å². The molecule has 0 aromatic carbocycles. The highest BCUT2D eigenvalue weighted by atomic mass is 35.5. The minimum Gasteiger partial charge on any atom is -0.381 e. The van der Waals surface area contributed by atoms with Crippen molar-refractivity contribution in [2.45, 2.75) is 24.3 Å². The number of rotatable bonds is 6. The second kappa shape index (κ2) is 6.89. The third kappa shape index (κ3) is 3.72. The van der Waals surface area contributed by atoms with Gasteiger partial charge in [0.25, 0.3) is 0 Å². The van der Waals surface area contributed by atoms with E-state index in [0.29, 0.717) is 25.6 Å². The maximum atomic E-state index is 12.4. The molecule has 1 unspecified atom stereocenters. The smallest absolute Gasteiger partial charge is 0.245 e. The predicted molar refractivity (Wildman–Crippen MR) is 76.3 cm³/mol. The van der Waals surface area contributed by atoms with Gasteiger partial charge in [0, 0.05) is 32.3 Å². The summed E-state index contributed by atoms with van der Waals surface area (Å²) >= 11 is 5.62. The first-order chi connectivity index (χ1) is 9.54. The quantitative estimate of drug-likeness (QED) is 0.738. The fraction of sp³-hybridized carbons (Fsp3) is 0.750. The summed E-state index contributed by atoms with van der Waals surface area (Å²) in [5.41, 5.74) is 0. The molecule has 1 saturated heterocycles. The molecule has 0 spiro atoms. The molecule has 0 aliphatic carbocycles. The molecule has 2 rings (SSSR count). The zero-order valence-corrected chi connectivity index (χ0v) is 13.1. The van der Waals surface area contributed by atoms with Crippen LogP contribution >= 0.6 is 11.6 Å². The van der Waals surface area contributed by atoms with E-state index in [9.17, 15) is 8.42 Å². The Hall–Kier alpha value is -0.630. The molecular formula is C12H20ClN3O3S. The van der Waals surface area contributed by atoms with Gasteiger partial charge in [0.15, 0.2) is 0 Å². The van der Waals surface area contributed by atoms with E-state index in [1.165, 1.54) is 21.4 Å². The van der Waals surface area contributed by atoms with Gasteiger partial charge < -0.3 is 4.74 Å². The van der Waals surface area contributed by atoms with Crippen molar-refractivity contribution in [2.24, 2.45) is 5.92 Å². The van der Waals surface area contributed by atoms with Crippen LogP contribution in [0.2, 0.25) is 0 Å². The monoisotopic (exact) mass is 321 g/mol. The van der Waals surface area contributed by atoms with Crippen LogP contribution in [0, 0.1) is 5.92 Å². The Bertz CT molecular complexity index is 526. The largest absolute Gasteiger partial charge is 0.381 e. The van der Waals surface area contributed by atoms with E-state index in [1.807, 2.05) is 0 Å². The van der Waals surface area contributed by atoms with E-state index in [-0.39, 0.29) is 10.8 Å². The zero-order chi connectivity index (χ0) is 14.6. The highest BCUT2D eigenvalue weighted by Crippen LogP contribution is 2.19. The molecule has 20 heavy (non-hydrogen) atoms. The van der Waals surface area contributed by atoms with Crippen LogP contribution in [0.3, 0.4) is 0 Å². The van der Waals surface area contributed by atoms with Crippen LogP contribution in [-0.2, 0) is 21.3 Å². The predicted octanol–water partition coefficient (Wildman–Crippen LogP) is 1.17. The lowest BCUT2D eigenvalue weighted by atomic mass is 10.0. The normalized spacial score (nSPS) is 20.4. The van der Waals surface area contributed by atoms with Crippen molar-refractivity contribution in [3.63, 3.8) is 0 Å². The molecule has 0 saturated carbocycles. The lowest BCUT2D eigenvalue weighted by Crippen LogP contribution is -2.35. The van der Waals surface area contributed by atoms with Crippen molar-refractivity contribution in [1.82, 2.24) is 14.1 Å². The molecule has 114 valence electrons. The number of nitrogens with zero attached hydrogens (tertiary/aromatic N) is 3. The summed E-state index contributed by atoms with van der Waals surface area (Å²) in [7, 11) is -1.88. The molecule has 0 N–H and O–H groups in total. The molecule has 8 heteroatoms. The van der Waals surface area contributed by atoms with Crippen molar-refractivity contribution >= 4 is 21.6 Å². The van der Waals surface area contributed by atoms with E-state index in [0.717, 1.165) is 19.4 Å². The number of hydrogen-bond donors (Lipinski definition) is 0. The summed E-state index contributed by atoms with van der Waals surface area (Å²) in [5.74, 6) is 0.664. The van der Waals surface area contributed by atoms with Gasteiger partial charge in [-0.1, -0.05) is 0 Å². The summed E-state index contributed by atoms with van der Waals surface area (Å²) in [5, 5.41) is 4.00. The molecule has 1 aliphatic rings. The van der Waals surface area contributed by atoms with E-state index >= 15 is 0 Å². The molecule has 0 radical (unpaired) electrons. The Balaban J connectivity index is 2.03. The van der Waals surface area contributed by atoms with Crippen LogP contribution in [0.4, 0.5) is 0 Å². The van der Waals surface area contributed by atoms with Crippen molar-refractivity contribution in [2.75, 3.05) is 32.7 Å². The molecule has 0 amide bonds. The average Bonchev–Trinajstić information content (AvgIpc) is 2.89. The SMILES string of the molecule is CN(CC1CCCOC1)S(=O)(=O)c1cnn(CCCl)c1. The minimum atomic E-state index is -3.48. The van der Waals surface area contributed by atoms with E-state index in [1.54, 1.807) is 7.05 Å². The van der Waals surface area contributed by atoms with E-state index < -0.39 is 10.0 Å². The second-order valence-corrected chi connectivity index (χ2v) is 7.42. The average molecular weight is 322 g/mol. The van der Waals surface area contributed by atoms with Gasteiger partial charge in [-0.3, -0.25) is 4.68 Å². The summed E-state index contributed by atoms with van der Waals surface area (Å²) in [4.78, 5) is 0.210. The molecule has 1 aromatic heterocycles. The van der Waals surface area contributed by atoms with Crippen molar-refractivity contribution in [1.29, 1.82) is 0 Å². The second-order valence-electron chi connectivity index (χ2n) is 5.00. The van der Waals surface area contributed by atoms with Gasteiger partial charge in [-0.05, 0) is 18.8 Å². The van der Waals surface area contributed by atoms with Crippen LogP contribution in [0.15, 0.2) is 17.3 Å². The third-order valence-electron chi connectivity index (χ3n) is 3.40. The number of alkyl halides is 1. The van der Waals surface area contributed by atoms with Crippen molar-refractivity contribution in [3.05, 3.63) is 12.4 Å². The lowest BCUT2D eigenvalue weighted by molar-refractivity contribution is 0.0495. The maximum absolute atomic E-state index is 12.4. The van der Waals surface area contributed by atoms with Gasteiger partial charge >= 0.3 is 0 Å². The Kier molecular flexibility index (Phi) is 5.42. The molecule has 2 heterocycles. The summed E-state index contributed by atoms with van der Waals surface area (Å²) in [6.45, 7) is 2.38. The van der Waals surface area contributed by atoms with Gasteiger partial charge in [0.2, 0.25) is 10.0 Å². The standard InChI is InChI=1S/C12H20ClN3O3S/c1-15(8-11-3-2-6-19-10-11)20(17,18)12-7-14-16(9-12)5-4-13/h7,9,11H,2-6,8,10H2,1H3. The first-order valence-electron chi connectivity index (χ1n) is 6.66. The number of aromatic nitrogens is 2. The van der Waals surface area contributed by atoms with Gasteiger partial charge in [-0.2, -0.15) is 5.10 Å². The van der Waals surface area contributed by atoms with Crippen LogP contribution in [0.1, 0.15) is 12.8 Å². The molecule has 1 aliphatic heterocycles. The van der Waals surface area contributed by atoms with Gasteiger partial charge in [0.1, 0.15) is 4.90 Å². The zero-order valence-electron chi connectivity index (χ0n) is 11.5. The van der Waals surface area contributed by atoms with Crippen LogP contribution in [0.25, 0.3) is 0 Å². The van der Waals surface area contributed by atoms with Crippen LogP contribution in [-0.4, -0.2) is 55.2 Å². The summed E-state index contributed by atoms with van der Waals surface area (Å²) in [6.07, 6.45) is 4.89. The third-order valence-corrected chi connectivity index (χ3v) is 5.35. The molecule has 1 aromatic rings. The number of aryl methyl sites for hydroxylation is 1. The Morgan fingerprint density at radius 2 is 2.40 bits per heavy atom. The fourth-order valence-electron chi connectivity index (χ4n) is 2.28. The highest BCUT2D eigenvalue weighted by Gasteiger charge is 2.26. The number of hydrogen-bond acceptors (Lipinski definition) is 4. The van der Waals surface area contributed by atoms with Crippen molar-refractivity contribution < 1.29 is 13.2 Å². The molecule has 1 fully saturated rings. The van der Waals surface area contributed by atoms with Gasteiger partial charge in [-0.15, -0.1) is 11.6 Å². The molecular weight excluding hydrogens is 302 g/mol. The topological polar surface area (TPSA) is 64.4 Å². The summed E-state index contributed by atoms with van der Waals surface area (Å²) in [6, 6.07) is 0. The first kappa shape index (κ1) is 15.8. The van der Waals surface area contributed by atoms with Crippen LogP contribution in [0.5, 0.6) is 0 Å². The first-order valence-corrected chi connectivity index (χ1v) is 8.64. The minimum absolute atomic E-state index is 0.210. The van der Waals surface area contributed by atoms with E-state index in [4.69, 9.17) is 16.3 Å². The Morgan fingerprint density at radius 3 is 3.05 bits per heavy atom. The molecule has 0 bridgehead atoms. The van der Waals surface area contributed by atoms with Gasteiger partial charge in [0.05, 0.1) is 19.3 Å². The molecule has 1 atom stereocenters. The summed E-state index contributed by atoms with van der Waals surface area (Å²) < 4.78 is 33.2. The highest BCUT2D eigenvalue weighted by molar-refractivity contribution is 7.89. The van der Waals surface area contributed by atoms with Gasteiger partial charge in [-0.25, -0.2) is 12.7 Å².